The molecule has 0 aliphatic carbocycles. The summed E-state index contributed by atoms with van der Waals surface area (Å²) < 4.78 is 5.62. The number of nitrogens with zero attached hydrogens (tertiary/aromatic N) is 2. The number of ether oxygens (including phenoxy) is 1. The number of rotatable bonds is 8. The summed E-state index contributed by atoms with van der Waals surface area (Å²) >= 11 is 0. The first kappa shape index (κ1) is 16.2. The molecular formula is C14H23N3O3. The van der Waals surface area contributed by atoms with E-state index in [2.05, 4.69) is 25.7 Å². The van der Waals surface area contributed by atoms with E-state index in [4.69, 9.17) is 10.5 Å². The number of nitrogens with two attached hydrogens (primary N) is 1. The zero-order valence-corrected chi connectivity index (χ0v) is 12.3. The Balaban J connectivity index is 2.60. The Kier molecular flexibility index (Phi) is 6.24. The molecule has 20 heavy (non-hydrogen) atoms. The molecule has 112 valence electrons. The molecule has 0 aromatic heterocycles. The summed E-state index contributed by atoms with van der Waals surface area (Å²) in [5.74, 6) is 0.708. The Labute approximate surface area is 119 Å². The van der Waals surface area contributed by atoms with Crippen LogP contribution in [0.15, 0.2) is 18.2 Å². The van der Waals surface area contributed by atoms with Crippen LogP contribution in [0.5, 0.6) is 5.75 Å². The van der Waals surface area contributed by atoms with Crippen molar-refractivity contribution in [2.45, 2.75) is 20.8 Å². The van der Waals surface area contributed by atoms with Gasteiger partial charge in [0.05, 0.1) is 23.3 Å². The molecule has 1 unspecified atom stereocenters. The number of nitro benzene ring substituents is 1. The van der Waals surface area contributed by atoms with Crippen molar-refractivity contribution >= 4 is 11.4 Å². The molecule has 0 bridgehead atoms. The molecule has 1 aromatic rings. The van der Waals surface area contributed by atoms with Crippen LogP contribution >= 0.6 is 0 Å². The summed E-state index contributed by atoms with van der Waals surface area (Å²) in [7, 11) is 0. The number of hydrogen-bond donors (Lipinski definition) is 1. The molecule has 0 heterocycles. The van der Waals surface area contributed by atoms with Gasteiger partial charge in [0, 0.05) is 18.5 Å². The van der Waals surface area contributed by atoms with Gasteiger partial charge in [-0.1, -0.05) is 20.8 Å². The summed E-state index contributed by atoms with van der Waals surface area (Å²) in [5.41, 5.74) is 6.18. The maximum atomic E-state index is 10.7. The van der Waals surface area contributed by atoms with E-state index in [0.29, 0.717) is 24.0 Å². The summed E-state index contributed by atoms with van der Waals surface area (Å²) in [6, 6.07) is 4.25. The highest BCUT2D eigenvalue weighted by Gasteiger charge is 2.12. The Morgan fingerprint density at radius 1 is 1.40 bits per heavy atom. The van der Waals surface area contributed by atoms with E-state index in [1.165, 1.54) is 18.2 Å². The monoisotopic (exact) mass is 281 g/mol. The zero-order valence-electron chi connectivity index (χ0n) is 12.3. The van der Waals surface area contributed by atoms with Gasteiger partial charge in [0.15, 0.2) is 0 Å². The maximum absolute atomic E-state index is 10.7. The van der Waals surface area contributed by atoms with Crippen LogP contribution in [0.4, 0.5) is 11.4 Å². The first-order valence-corrected chi connectivity index (χ1v) is 6.87. The largest absolute Gasteiger partial charge is 0.491 e. The molecule has 2 N–H and O–H groups in total. The zero-order chi connectivity index (χ0) is 15.1. The quantitative estimate of drug-likeness (QED) is 0.450. The van der Waals surface area contributed by atoms with E-state index in [1.807, 2.05) is 0 Å². The number of nitro groups is 1. The molecule has 0 saturated carbocycles. The van der Waals surface area contributed by atoms with E-state index in [1.54, 1.807) is 0 Å². The van der Waals surface area contributed by atoms with Gasteiger partial charge in [0.25, 0.3) is 5.69 Å². The SMILES string of the molecule is CCN(CC)CC(C)COc1cc([N+](=O)[O-])ccc1N. The van der Waals surface area contributed by atoms with E-state index >= 15 is 0 Å². The lowest BCUT2D eigenvalue weighted by atomic mass is 10.2. The molecular weight excluding hydrogens is 258 g/mol. The molecule has 0 aliphatic rings. The van der Waals surface area contributed by atoms with Crippen molar-refractivity contribution in [2.75, 3.05) is 32.0 Å². The minimum absolute atomic E-state index is 0.00871. The highest BCUT2D eigenvalue weighted by Crippen LogP contribution is 2.27. The van der Waals surface area contributed by atoms with Gasteiger partial charge in [0.1, 0.15) is 5.75 Å². The molecule has 6 heteroatoms. The number of anilines is 1. The summed E-state index contributed by atoms with van der Waals surface area (Å²) in [6.45, 7) is 9.75. The molecule has 6 nitrogen and oxygen atoms in total. The summed E-state index contributed by atoms with van der Waals surface area (Å²) in [4.78, 5) is 12.6. The Hall–Kier alpha value is -1.82. The Morgan fingerprint density at radius 3 is 2.60 bits per heavy atom. The van der Waals surface area contributed by atoms with Crippen molar-refractivity contribution in [2.24, 2.45) is 5.92 Å². The van der Waals surface area contributed by atoms with Gasteiger partial charge in [0.2, 0.25) is 0 Å². The first-order valence-electron chi connectivity index (χ1n) is 6.87. The van der Waals surface area contributed by atoms with Gasteiger partial charge in [-0.25, -0.2) is 0 Å². The number of non-ortho nitro benzene ring substituents is 1. The Morgan fingerprint density at radius 2 is 2.05 bits per heavy atom. The molecule has 1 rings (SSSR count). The smallest absolute Gasteiger partial charge is 0.273 e. The van der Waals surface area contributed by atoms with Gasteiger partial charge in [-0.05, 0) is 19.2 Å². The lowest BCUT2D eigenvalue weighted by molar-refractivity contribution is -0.384. The van der Waals surface area contributed by atoms with Crippen molar-refractivity contribution in [3.63, 3.8) is 0 Å². The predicted octanol–water partition coefficient (Wildman–Crippen LogP) is 2.53. The minimum Gasteiger partial charge on any atom is -0.491 e. The standard InChI is InChI=1S/C14H23N3O3/c1-4-16(5-2)9-11(3)10-20-14-8-12(17(18)19)6-7-13(14)15/h6-8,11H,4-5,9-10,15H2,1-3H3. The Bertz CT molecular complexity index is 447. The van der Waals surface area contributed by atoms with E-state index < -0.39 is 4.92 Å². The van der Waals surface area contributed by atoms with Crippen LogP contribution in [0.25, 0.3) is 0 Å². The van der Waals surface area contributed by atoms with Crippen LogP contribution in [0.3, 0.4) is 0 Å². The van der Waals surface area contributed by atoms with Crippen molar-refractivity contribution in [1.82, 2.24) is 4.90 Å². The lowest BCUT2D eigenvalue weighted by Crippen LogP contribution is -2.30. The van der Waals surface area contributed by atoms with Crippen molar-refractivity contribution in [1.29, 1.82) is 0 Å². The molecule has 0 aliphatic heterocycles. The third-order valence-corrected chi connectivity index (χ3v) is 3.20. The van der Waals surface area contributed by atoms with E-state index in [9.17, 15) is 10.1 Å². The number of nitrogen functional groups attached to an aromatic ring is 1. The van der Waals surface area contributed by atoms with Gasteiger partial charge in [-0.2, -0.15) is 0 Å². The third-order valence-electron chi connectivity index (χ3n) is 3.20. The average molecular weight is 281 g/mol. The molecule has 0 saturated heterocycles. The van der Waals surface area contributed by atoms with Gasteiger partial charge in [-0.15, -0.1) is 0 Å². The van der Waals surface area contributed by atoms with Crippen LogP contribution in [-0.2, 0) is 0 Å². The molecule has 0 spiro atoms. The third kappa shape index (κ3) is 4.70. The molecule has 1 atom stereocenters. The van der Waals surface area contributed by atoms with Gasteiger partial charge >= 0.3 is 0 Å². The first-order chi connectivity index (χ1) is 9.47. The van der Waals surface area contributed by atoms with Crippen LogP contribution in [-0.4, -0.2) is 36.1 Å². The lowest BCUT2D eigenvalue weighted by Gasteiger charge is -2.22. The van der Waals surface area contributed by atoms with Crippen LogP contribution in [0, 0.1) is 16.0 Å². The minimum atomic E-state index is -0.453. The van der Waals surface area contributed by atoms with Crippen LogP contribution in [0.2, 0.25) is 0 Å². The van der Waals surface area contributed by atoms with Crippen LogP contribution in [0.1, 0.15) is 20.8 Å². The van der Waals surface area contributed by atoms with Crippen molar-refractivity contribution < 1.29 is 9.66 Å². The number of benzene rings is 1. The average Bonchev–Trinajstić information content (AvgIpc) is 2.43. The second-order valence-corrected chi connectivity index (χ2v) is 4.88. The molecule has 1 aromatic carbocycles. The molecule has 0 fully saturated rings. The predicted molar refractivity (Wildman–Crippen MR) is 80.0 cm³/mol. The highest BCUT2D eigenvalue weighted by atomic mass is 16.6. The fourth-order valence-corrected chi connectivity index (χ4v) is 1.97. The van der Waals surface area contributed by atoms with Gasteiger partial charge < -0.3 is 15.4 Å². The highest BCUT2D eigenvalue weighted by molar-refractivity contribution is 5.57. The van der Waals surface area contributed by atoms with Crippen LogP contribution < -0.4 is 10.5 Å². The van der Waals surface area contributed by atoms with Crippen molar-refractivity contribution in [3.8, 4) is 5.75 Å². The second-order valence-electron chi connectivity index (χ2n) is 4.88. The second kappa shape index (κ2) is 7.69. The summed E-state index contributed by atoms with van der Waals surface area (Å²) in [6.07, 6.45) is 0. The van der Waals surface area contributed by atoms with E-state index in [0.717, 1.165) is 19.6 Å². The van der Waals surface area contributed by atoms with E-state index in [-0.39, 0.29) is 5.69 Å². The van der Waals surface area contributed by atoms with Gasteiger partial charge in [-0.3, -0.25) is 10.1 Å². The molecule has 0 amide bonds. The van der Waals surface area contributed by atoms with Crippen molar-refractivity contribution in [3.05, 3.63) is 28.3 Å². The maximum Gasteiger partial charge on any atom is 0.273 e. The molecule has 0 radical (unpaired) electrons. The normalized spacial score (nSPS) is 12.4. The topological polar surface area (TPSA) is 81.6 Å². The number of hydrogen-bond acceptors (Lipinski definition) is 5. The fraction of sp³-hybridized carbons (Fsp3) is 0.571. The summed E-state index contributed by atoms with van der Waals surface area (Å²) in [5, 5.41) is 10.7. The fourth-order valence-electron chi connectivity index (χ4n) is 1.97.